The van der Waals surface area contributed by atoms with Crippen molar-refractivity contribution in [3.05, 3.63) is 121 Å². The minimum absolute atomic E-state index is 0.335. The second-order valence-corrected chi connectivity index (χ2v) is 13.6. The van der Waals surface area contributed by atoms with Crippen molar-refractivity contribution < 1.29 is 12.2 Å². The third-order valence-electron chi connectivity index (χ3n) is 4.52. The van der Waals surface area contributed by atoms with E-state index in [9.17, 15) is 0 Å². The Labute approximate surface area is 221 Å². The maximum absolute atomic E-state index is 4.53. The Morgan fingerprint density at radius 2 is 0.943 bits per heavy atom. The van der Waals surface area contributed by atoms with Gasteiger partial charge in [0.15, 0.2) is 0 Å². The molecule has 0 aliphatic rings. The van der Waals surface area contributed by atoms with Crippen LogP contribution in [0.2, 0.25) is 0 Å². The highest BCUT2D eigenvalue weighted by molar-refractivity contribution is 6.80. The molecule has 6 radical (unpaired) electrons. The highest BCUT2D eigenvalue weighted by Gasteiger charge is 2.10. The first-order valence-corrected chi connectivity index (χ1v) is 14.7. The Balaban J connectivity index is 0.000000204. The van der Waals surface area contributed by atoms with Crippen LogP contribution in [-0.4, -0.2) is 67.5 Å². The van der Waals surface area contributed by atoms with E-state index >= 15 is 0 Å². The van der Waals surface area contributed by atoms with Gasteiger partial charge in [-0.3, -0.25) is 0 Å². The van der Waals surface area contributed by atoms with Crippen molar-refractivity contribution >= 4 is 59.8 Å². The Kier molecular flexibility index (Phi) is 14.1. The molecule has 0 bridgehead atoms. The molecule has 0 fully saturated rings. The van der Waals surface area contributed by atoms with Crippen LogP contribution in [0.4, 0.5) is 0 Å². The molecule has 0 atom stereocenters. The van der Waals surface area contributed by atoms with Crippen molar-refractivity contribution in [1.82, 2.24) is 0 Å². The lowest BCUT2D eigenvalue weighted by Crippen LogP contribution is -2.49. The van der Waals surface area contributed by atoms with Crippen LogP contribution in [0.5, 0.6) is 0 Å². The summed E-state index contributed by atoms with van der Waals surface area (Å²) < 4.78 is 10.3. The zero-order valence-electron chi connectivity index (χ0n) is 20.8. The van der Waals surface area contributed by atoms with Gasteiger partial charge in [-0.1, -0.05) is 121 Å². The minimum Gasteiger partial charge on any atom is -0.639 e. The molecule has 35 heavy (non-hydrogen) atoms. The highest BCUT2D eigenvalue weighted by atomic mass is 28.3. The van der Waals surface area contributed by atoms with E-state index in [4.69, 9.17) is 0 Å². The number of hydrogen-bond acceptors (Lipinski definition) is 1. The lowest BCUT2D eigenvalue weighted by Gasteiger charge is -2.34. The summed E-state index contributed by atoms with van der Waals surface area (Å²) >= 11 is 0. The summed E-state index contributed by atoms with van der Waals surface area (Å²) in [4.78, 5) is 0. The van der Waals surface area contributed by atoms with E-state index in [1.807, 2.05) is 14.2 Å². The fraction of sp³-hybridized carbons (Fsp3) is 0.143. The van der Waals surface area contributed by atoms with Crippen LogP contribution in [-0.2, 0) is 12.2 Å². The summed E-state index contributed by atoms with van der Waals surface area (Å²) in [5.74, 6) is 0. The van der Waals surface area contributed by atoms with E-state index in [0.29, 0.717) is 10.0 Å². The van der Waals surface area contributed by atoms with Crippen LogP contribution in [0.15, 0.2) is 121 Å². The first-order valence-electron chi connectivity index (χ1n) is 11.1. The summed E-state index contributed by atoms with van der Waals surface area (Å²) in [5.41, 5.74) is 0. The third-order valence-corrected chi connectivity index (χ3v) is 8.97. The van der Waals surface area contributed by atoms with E-state index in [1.165, 1.54) is 20.7 Å². The topological polar surface area (TPSA) is 14.6 Å². The van der Waals surface area contributed by atoms with Crippen molar-refractivity contribution in [2.24, 2.45) is 0 Å². The van der Waals surface area contributed by atoms with Crippen LogP contribution in [0, 0.1) is 0 Å². The fourth-order valence-electron chi connectivity index (χ4n) is 3.11. The number of rotatable bonds is 7. The van der Waals surface area contributed by atoms with Gasteiger partial charge in [-0.05, 0) is 0 Å². The molecule has 0 aromatic heterocycles. The molecule has 0 aliphatic heterocycles. The van der Waals surface area contributed by atoms with Crippen molar-refractivity contribution in [3.63, 3.8) is 0 Å². The second-order valence-electron chi connectivity index (χ2n) is 7.74. The molecule has 4 aromatic carbocycles. The van der Waals surface area contributed by atoms with Gasteiger partial charge in [0.25, 0.3) is 0 Å². The van der Waals surface area contributed by atoms with Crippen LogP contribution in [0.3, 0.4) is 0 Å². The molecule has 0 saturated carbocycles. The molecule has 4 aromatic rings. The second kappa shape index (κ2) is 17.1. The molecule has 0 heterocycles. The average Bonchev–Trinajstić information content (AvgIpc) is 2.87. The molecular formula is C28H32O3Si4. The SMILES string of the molecule is C[O+](C)[Si-](c1ccccc1)c1ccccc1.C[O+](C)[Si]O[Si].c1ccc([Si-]c2ccccc2)cc1. The first kappa shape index (κ1) is 28.9. The van der Waals surface area contributed by atoms with Crippen LogP contribution < -0.4 is 20.7 Å². The maximum atomic E-state index is 4.53. The molecule has 0 saturated heterocycles. The summed E-state index contributed by atoms with van der Waals surface area (Å²) in [6.45, 7) is 0. The molecule has 0 spiro atoms. The molecule has 178 valence electrons. The van der Waals surface area contributed by atoms with Gasteiger partial charge in [-0.15, -0.1) is 10.4 Å². The van der Waals surface area contributed by atoms with Crippen molar-refractivity contribution in [2.45, 2.75) is 0 Å². The summed E-state index contributed by atoms with van der Waals surface area (Å²) in [6, 6.07) is 42.5. The van der Waals surface area contributed by atoms with Crippen LogP contribution in [0.25, 0.3) is 0 Å². The van der Waals surface area contributed by atoms with E-state index in [1.54, 1.807) is 0 Å². The predicted molar refractivity (Wildman–Crippen MR) is 154 cm³/mol. The lowest BCUT2D eigenvalue weighted by atomic mass is 10.4. The Morgan fingerprint density at radius 1 is 0.600 bits per heavy atom. The predicted octanol–water partition coefficient (Wildman–Crippen LogP) is 2.38. The van der Waals surface area contributed by atoms with Crippen LogP contribution >= 0.6 is 0 Å². The summed E-state index contributed by atoms with van der Waals surface area (Å²) in [6.07, 6.45) is 0. The summed E-state index contributed by atoms with van der Waals surface area (Å²) in [7, 11) is 11.0. The smallest absolute Gasteiger partial charge is 0.639 e. The van der Waals surface area contributed by atoms with Gasteiger partial charge >= 0.3 is 10.0 Å². The Hall–Kier alpha value is -2.37. The van der Waals surface area contributed by atoms with E-state index in [0.717, 1.165) is 9.52 Å². The van der Waals surface area contributed by atoms with Crippen LogP contribution in [0.1, 0.15) is 0 Å². The Bertz CT molecular complexity index is 958. The maximum Gasteiger partial charge on any atom is 0.749 e. The largest absolute Gasteiger partial charge is 0.749 e. The highest BCUT2D eigenvalue weighted by Crippen LogP contribution is 1.98. The van der Waals surface area contributed by atoms with Crippen molar-refractivity contribution in [2.75, 3.05) is 28.4 Å². The van der Waals surface area contributed by atoms with Gasteiger partial charge in [-0.2, -0.15) is 0 Å². The standard InChI is InChI=1S/C14H16OSi.C12H10Si.C2H6O2Si2/c1-15(2)16(13-9-5-3-6-10-13)14-11-7-4-8-12-14;1-3-7-11(8-4-1)13-12-9-5-2-6-10-12;1-4(2)6-3-5/h3-12H,1-2H3;1-10H;1-2H3/q;-1;+1. The monoisotopic (exact) mass is 528 g/mol. The number of benzene rings is 4. The zero-order chi connectivity index (χ0) is 25.3. The van der Waals surface area contributed by atoms with Gasteiger partial charge in [-0.25, -0.2) is 10.4 Å². The van der Waals surface area contributed by atoms with Crippen molar-refractivity contribution in [3.8, 4) is 0 Å². The number of hydrogen-bond donors (Lipinski definition) is 0. The van der Waals surface area contributed by atoms with Gasteiger partial charge in [0, 0.05) is 0 Å². The quantitative estimate of drug-likeness (QED) is 0.266. The van der Waals surface area contributed by atoms with Gasteiger partial charge in [0.1, 0.15) is 23.3 Å². The van der Waals surface area contributed by atoms with Gasteiger partial charge in [0.2, 0.25) is 10.5 Å². The van der Waals surface area contributed by atoms with Crippen molar-refractivity contribution in [1.29, 1.82) is 0 Å². The van der Waals surface area contributed by atoms with Gasteiger partial charge in [0.05, 0.1) is 14.2 Å². The van der Waals surface area contributed by atoms with E-state index in [-0.39, 0.29) is 0 Å². The van der Waals surface area contributed by atoms with Gasteiger partial charge < -0.3 is 21.7 Å². The molecule has 0 unspecified atom stereocenters. The Morgan fingerprint density at radius 3 is 1.20 bits per heavy atom. The zero-order valence-corrected chi connectivity index (χ0v) is 24.8. The molecule has 0 amide bonds. The lowest BCUT2D eigenvalue weighted by molar-refractivity contribution is 0.104. The van der Waals surface area contributed by atoms with E-state index < -0.39 is 9.04 Å². The molecule has 7 heteroatoms. The first-order chi connectivity index (χ1) is 17.0. The summed E-state index contributed by atoms with van der Waals surface area (Å²) in [5, 5.41) is 5.59. The molecule has 0 aliphatic carbocycles. The fourth-order valence-corrected chi connectivity index (χ4v) is 7.09. The molecule has 0 N–H and O–H groups in total. The molecule has 4 rings (SSSR count). The molecular weight excluding hydrogens is 497 g/mol. The third kappa shape index (κ3) is 11.7. The minimum atomic E-state index is -0.867. The van der Waals surface area contributed by atoms with E-state index in [2.05, 4.69) is 158 Å². The molecule has 3 nitrogen and oxygen atoms in total. The normalized spacial score (nSPS) is 10.0. The average molecular weight is 529 g/mol.